The Kier molecular flexibility index (Phi) is 4.62. The summed E-state index contributed by atoms with van der Waals surface area (Å²) >= 11 is 1.43. The lowest BCUT2D eigenvalue weighted by Crippen LogP contribution is -2.47. The Morgan fingerprint density at radius 3 is 2.83 bits per heavy atom. The molecule has 1 N–H and O–H groups in total. The molecule has 0 spiro atoms. The summed E-state index contributed by atoms with van der Waals surface area (Å²) in [5, 5.41) is 12.3. The van der Waals surface area contributed by atoms with E-state index in [1.165, 1.54) is 11.3 Å². The Bertz CT molecular complexity index is 404. The van der Waals surface area contributed by atoms with Crippen molar-refractivity contribution in [2.75, 3.05) is 31.6 Å². The molecule has 100 valence electrons. The van der Waals surface area contributed by atoms with Crippen LogP contribution in [0, 0.1) is 0 Å². The number of carbonyl (C=O) groups is 1. The molecule has 0 radical (unpaired) electrons. The summed E-state index contributed by atoms with van der Waals surface area (Å²) in [7, 11) is 0. The van der Waals surface area contributed by atoms with E-state index in [1.807, 2.05) is 13.8 Å². The van der Waals surface area contributed by atoms with Crippen molar-refractivity contribution in [2.24, 2.45) is 0 Å². The molecule has 0 aromatic carbocycles. The van der Waals surface area contributed by atoms with E-state index in [0.29, 0.717) is 18.3 Å². The number of ether oxygens (including phenoxy) is 1. The average molecular weight is 270 g/mol. The van der Waals surface area contributed by atoms with Gasteiger partial charge in [-0.1, -0.05) is 18.3 Å². The van der Waals surface area contributed by atoms with E-state index in [0.717, 1.165) is 24.5 Å². The standard InChI is InChI=1S/C11H18N4O2S/c1-3-9-13-14-11(18-9)12-10(16)8(2)15-4-6-17-7-5-15/h8H,3-7H2,1-2H3,(H,12,14,16). The third-order valence-corrected chi connectivity index (χ3v) is 3.96. The van der Waals surface area contributed by atoms with Crippen LogP contribution in [0.1, 0.15) is 18.9 Å². The van der Waals surface area contributed by atoms with Crippen LogP contribution in [0.2, 0.25) is 0 Å². The van der Waals surface area contributed by atoms with Gasteiger partial charge in [0, 0.05) is 13.1 Å². The van der Waals surface area contributed by atoms with E-state index < -0.39 is 0 Å². The van der Waals surface area contributed by atoms with Gasteiger partial charge in [-0.15, -0.1) is 10.2 Å². The smallest absolute Gasteiger partial charge is 0.243 e. The molecule has 18 heavy (non-hydrogen) atoms. The maximum absolute atomic E-state index is 12.1. The van der Waals surface area contributed by atoms with E-state index in [1.54, 1.807) is 0 Å². The highest BCUT2D eigenvalue weighted by Crippen LogP contribution is 2.16. The van der Waals surface area contributed by atoms with Crippen LogP contribution >= 0.6 is 11.3 Å². The summed E-state index contributed by atoms with van der Waals surface area (Å²) in [5.74, 6) is -0.0318. The van der Waals surface area contributed by atoms with Crippen molar-refractivity contribution in [3.8, 4) is 0 Å². The van der Waals surface area contributed by atoms with Gasteiger partial charge in [0.15, 0.2) is 0 Å². The molecule has 2 rings (SSSR count). The van der Waals surface area contributed by atoms with Crippen LogP contribution in [0.4, 0.5) is 5.13 Å². The minimum absolute atomic E-state index is 0.0318. The summed E-state index contributed by atoms with van der Waals surface area (Å²) in [6, 6.07) is -0.164. The third-order valence-electron chi connectivity index (χ3n) is 2.97. The molecule has 0 bridgehead atoms. The predicted molar refractivity (Wildman–Crippen MR) is 69.8 cm³/mol. The van der Waals surface area contributed by atoms with E-state index >= 15 is 0 Å². The molecule has 1 aliphatic rings. The van der Waals surface area contributed by atoms with E-state index in [2.05, 4.69) is 20.4 Å². The van der Waals surface area contributed by atoms with E-state index in [-0.39, 0.29) is 11.9 Å². The van der Waals surface area contributed by atoms with Crippen molar-refractivity contribution in [1.29, 1.82) is 0 Å². The fraction of sp³-hybridized carbons (Fsp3) is 0.727. The number of hydrogen-bond acceptors (Lipinski definition) is 6. The Balaban J connectivity index is 1.90. The number of carbonyl (C=O) groups excluding carboxylic acids is 1. The summed E-state index contributed by atoms with van der Waals surface area (Å²) in [4.78, 5) is 14.2. The highest BCUT2D eigenvalue weighted by molar-refractivity contribution is 7.15. The van der Waals surface area contributed by atoms with Gasteiger partial charge in [0.1, 0.15) is 5.01 Å². The second kappa shape index (κ2) is 6.21. The molecule has 1 amide bonds. The maximum Gasteiger partial charge on any atom is 0.243 e. The lowest BCUT2D eigenvalue weighted by Gasteiger charge is -2.30. The molecular weight excluding hydrogens is 252 g/mol. The number of hydrogen-bond donors (Lipinski definition) is 1. The monoisotopic (exact) mass is 270 g/mol. The number of nitrogens with zero attached hydrogens (tertiary/aromatic N) is 3. The van der Waals surface area contributed by atoms with Crippen LogP contribution in [-0.2, 0) is 16.0 Å². The van der Waals surface area contributed by atoms with Crippen LogP contribution in [-0.4, -0.2) is 53.3 Å². The molecular formula is C11H18N4O2S. The fourth-order valence-electron chi connectivity index (χ4n) is 1.79. The zero-order valence-electron chi connectivity index (χ0n) is 10.7. The predicted octanol–water partition coefficient (Wildman–Crippen LogP) is 0.760. The van der Waals surface area contributed by atoms with E-state index in [4.69, 9.17) is 4.74 Å². The molecule has 0 aliphatic carbocycles. The van der Waals surface area contributed by atoms with E-state index in [9.17, 15) is 4.79 Å². The molecule has 1 aromatic rings. The highest BCUT2D eigenvalue weighted by atomic mass is 32.1. The Hall–Kier alpha value is -1.05. The Labute approximate surface area is 110 Å². The number of anilines is 1. The van der Waals surface area contributed by atoms with Gasteiger partial charge in [0.2, 0.25) is 11.0 Å². The van der Waals surface area contributed by atoms with Gasteiger partial charge in [0.05, 0.1) is 19.3 Å². The Morgan fingerprint density at radius 1 is 1.50 bits per heavy atom. The first-order chi connectivity index (χ1) is 8.70. The van der Waals surface area contributed by atoms with Crippen molar-refractivity contribution in [2.45, 2.75) is 26.3 Å². The first kappa shape index (κ1) is 13.4. The number of aryl methyl sites for hydroxylation is 1. The third kappa shape index (κ3) is 3.24. The van der Waals surface area contributed by atoms with Crippen LogP contribution < -0.4 is 5.32 Å². The lowest BCUT2D eigenvalue weighted by molar-refractivity contribution is -0.122. The second-order valence-corrected chi connectivity index (χ2v) is 5.23. The average Bonchev–Trinajstić information content (AvgIpc) is 2.86. The molecule has 1 atom stereocenters. The number of nitrogens with one attached hydrogen (secondary N) is 1. The van der Waals surface area contributed by atoms with Gasteiger partial charge in [0.25, 0.3) is 0 Å². The zero-order valence-corrected chi connectivity index (χ0v) is 11.5. The fourth-order valence-corrected chi connectivity index (χ4v) is 2.47. The highest BCUT2D eigenvalue weighted by Gasteiger charge is 2.23. The summed E-state index contributed by atoms with van der Waals surface area (Å²) in [6.07, 6.45) is 0.840. The first-order valence-electron chi connectivity index (χ1n) is 6.15. The SMILES string of the molecule is CCc1nnc(NC(=O)C(C)N2CCOCC2)s1. The van der Waals surface area contributed by atoms with Crippen molar-refractivity contribution in [1.82, 2.24) is 15.1 Å². The van der Waals surface area contributed by atoms with Gasteiger partial charge < -0.3 is 4.74 Å². The van der Waals surface area contributed by atoms with Crippen LogP contribution in [0.5, 0.6) is 0 Å². The maximum atomic E-state index is 12.1. The van der Waals surface area contributed by atoms with Crippen molar-refractivity contribution in [3.05, 3.63) is 5.01 Å². The van der Waals surface area contributed by atoms with Gasteiger partial charge >= 0.3 is 0 Å². The number of rotatable bonds is 4. The van der Waals surface area contributed by atoms with Gasteiger partial charge in [-0.2, -0.15) is 0 Å². The minimum atomic E-state index is -0.164. The van der Waals surface area contributed by atoms with Crippen LogP contribution in [0.25, 0.3) is 0 Å². The number of morpholine rings is 1. The molecule has 6 nitrogen and oxygen atoms in total. The summed E-state index contributed by atoms with van der Waals surface area (Å²) < 4.78 is 5.27. The molecule has 1 fully saturated rings. The van der Waals surface area contributed by atoms with Crippen LogP contribution in [0.15, 0.2) is 0 Å². The normalized spacial score (nSPS) is 18.6. The largest absolute Gasteiger partial charge is 0.379 e. The molecule has 1 aliphatic heterocycles. The van der Waals surface area contributed by atoms with Crippen molar-refractivity contribution >= 4 is 22.4 Å². The number of amides is 1. The van der Waals surface area contributed by atoms with Crippen molar-refractivity contribution in [3.63, 3.8) is 0 Å². The summed E-state index contributed by atoms with van der Waals surface area (Å²) in [5.41, 5.74) is 0. The molecule has 1 aromatic heterocycles. The van der Waals surface area contributed by atoms with Gasteiger partial charge in [-0.25, -0.2) is 0 Å². The molecule has 2 heterocycles. The molecule has 1 unspecified atom stereocenters. The topological polar surface area (TPSA) is 67.4 Å². The quantitative estimate of drug-likeness (QED) is 0.875. The minimum Gasteiger partial charge on any atom is -0.379 e. The molecule has 0 saturated carbocycles. The first-order valence-corrected chi connectivity index (χ1v) is 6.97. The molecule has 1 saturated heterocycles. The van der Waals surface area contributed by atoms with Gasteiger partial charge in [-0.3, -0.25) is 15.0 Å². The van der Waals surface area contributed by atoms with Gasteiger partial charge in [-0.05, 0) is 13.3 Å². The van der Waals surface area contributed by atoms with Crippen LogP contribution in [0.3, 0.4) is 0 Å². The summed E-state index contributed by atoms with van der Waals surface area (Å²) in [6.45, 7) is 6.90. The number of aromatic nitrogens is 2. The lowest BCUT2D eigenvalue weighted by atomic mass is 10.2. The second-order valence-electron chi connectivity index (χ2n) is 4.17. The zero-order chi connectivity index (χ0) is 13.0. The molecule has 7 heteroatoms. The Morgan fingerprint density at radius 2 is 2.22 bits per heavy atom. The van der Waals surface area contributed by atoms with Crippen molar-refractivity contribution < 1.29 is 9.53 Å².